The van der Waals surface area contributed by atoms with Crippen LogP contribution in [-0.4, -0.2) is 33.2 Å². The highest BCUT2D eigenvalue weighted by Crippen LogP contribution is 2.48. The summed E-state index contributed by atoms with van der Waals surface area (Å²) in [7, 11) is 0. The van der Waals surface area contributed by atoms with Crippen LogP contribution in [0.15, 0.2) is 182 Å². The van der Waals surface area contributed by atoms with E-state index in [9.17, 15) is 19.8 Å². The molecule has 2 atom stereocenters. The van der Waals surface area contributed by atoms with Crippen molar-refractivity contribution in [3.63, 3.8) is 0 Å². The molecule has 1 aliphatic carbocycles. The first-order chi connectivity index (χ1) is 26.8. The molecule has 0 saturated heterocycles. The van der Waals surface area contributed by atoms with Crippen molar-refractivity contribution in [2.75, 3.05) is 0 Å². The minimum Gasteiger partial charge on any atom is -0.387 e. The van der Waals surface area contributed by atoms with Gasteiger partial charge in [0.2, 0.25) is 11.8 Å². The summed E-state index contributed by atoms with van der Waals surface area (Å²) < 4.78 is 0. The number of carbonyl (C=O) groups excluding carboxylic acids is 2. The van der Waals surface area contributed by atoms with E-state index < -0.39 is 40.5 Å². The average Bonchev–Trinajstić information content (AvgIpc) is 4.04. The first-order valence-corrected chi connectivity index (χ1v) is 19.1. The maximum Gasteiger partial charge on any atom is 0.236 e. The molecular formula is C49H48N2O4. The minimum absolute atomic E-state index is 0.268. The van der Waals surface area contributed by atoms with Gasteiger partial charge in [0.25, 0.3) is 0 Å². The molecule has 6 heteroatoms. The van der Waals surface area contributed by atoms with Crippen LogP contribution in [0.5, 0.6) is 0 Å². The Kier molecular flexibility index (Phi) is 11.4. The number of carbonyl (C=O) groups is 2. The predicted octanol–water partition coefficient (Wildman–Crippen LogP) is 7.91. The standard InChI is InChI=1S/C49H48N2O4/c52-45(50-43(41-27-15-5-16-28-41)48(54,33-37-19-7-1-8-20-37)34-38-21-9-2-10-22-38)47(31-32-47)46(53)51-44(42-29-17-6-18-30-42)49(55,35-39-23-11-3-12-24-39)36-40-25-13-4-14-26-40/h1-30,43-44,54-55H,31-36H2,(H,50,52)(H,51,53)/t43-,44-/m1/s1. The van der Waals surface area contributed by atoms with Crippen molar-refractivity contribution in [2.45, 2.75) is 61.8 Å². The van der Waals surface area contributed by atoms with E-state index in [2.05, 4.69) is 10.6 Å². The second-order valence-corrected chi connectivity index (χ2v) is 15.1. The number of hydrogen-bond acceptors (Lipinski definition) is 4. The van der Waals surface area contributed by atoms with E-state index in [1.54, 1.807) is 0 Å². The van der Waals surface area contributed by atoms with Crippen molar-refractivity contribution >= 4 is 11.8 Å². The molecule has 1 saturated carbocycles. The number of aliphatic hydroxyl groups is 2. The summed E-state index contributed by atoms with van der Waals surface area (Å²) in [4.78, 5) is 29.4. The van der Waals surface area contributed by atoms with Gasteiger partial charge in [0.15, 0.2) is 0 Å². The van der Waals surface area contributed by atoms with Crippen molar-refractivity contribution in [3.8, 4) is 0 Å². The molecule has 0 aliphatic heterocycles. The second-order valence-electron chi connectivity index (χ2n) is 15.1. The fraction of sp³-hybridized carbons (Fsp3) is 0.224. The van der Waals surface area contributed by atoms with E-state index in [-0.39, 0.29) is 25.7 Å². The second kappa shape index (κ2) is 16.7. The molecule has 0 radical (unpaired) electrons. The lowest BCUT2D eigenvalue weighted by atomic mass is 9.78. The molecule has 7 rings (SSSR count). The third-order valence-electron chi connectivity index (χ3n) is 10.9. The van der Waals surface area contributed by atoms with Crippen molar-refractivity contribution in [1.82, 2.24) is 10.6 Å². The highest BCUT2D eigenvalue weighted by molar-refractivity contribution is 6.08. The molecule has 0 unspecified atom stereocenters. The molecule has 0 spiro atoms. The van der Waals surface area contributed by atoms with Gasteiger partial charge in [-0.15, -0.1) is 0 Å². The summed E-state index contributed by atoms with van der Waals surface area (Å²) in [6.07, 6.45) is 1.76. The first kappa shape index (κ1) is 37.5. The van der Waals surface area contributed by atoms with E-state index in [0.717, 1.165) is 33.4 Å². The summed E-state index contributed by atoms with van der Waals surface area (Å²) in [5, 5.41) is 32.1. The molecule has 2 amide bonds. The number of amides is 2. The lowest BCUT2D eigenvalue weighted by Crippen LogP contribution is -2.55. The van der Waals surface area contributed by atoms with Crippen LogP contribution in [0.25, 0.3) is 0 Å². The van der Waals surface area contributed by atoms with Crippen LogP contribution in [0.3, 0.4) is 0 Å². The van der Waals surface area contributed by atoms with Crippen molar-refractivity contribution < 1.29 is 19.8 Å². The van der Waals surface area contributed by atoms with Crippen molar-refractivity contribution in [1.29, 1.82) is 0 Å². The summed E-state index contributed by atoms with van der Waals surface area (Å²) in [5.41, 5.74) is 0.908. The Labute approximate surface area is 323 Å². The minimum atomic E-state index is -1.45. The highest BCUT2D eigenvalue weighted by atomic mass is 16.3. The van der Waals surface area contributed by atoms with E-state index in [1.807, 2.05) is 182 Å². The lowest BCUT2D eigenvalue weighted by molar-refractivity contribution is -0.141. The molecule has 4 N–H and O–H groups in total. The zero-order valence-electron chi connectivity index (χ0n) is 30.9. The smallest absolute Gasteiger partial charge is 0.236 e. The van der Waals surface area contributed by atoms with Gasteiger partial charge in [0, 0.05) is 25.7 Å². The van der Waals surface area contributed by atoms with Crippen LogP contribution >= 0.6 is 0 Å². The highest BCUT2D eigenvalue weighted by Gasteiger charge is 2.59. The van der Waals surface area contributed by atoms with Gasteiger partial charge in [-0.3, -0.25) is 9.59 Å². The molecule has 0 heterocycles. The van der Waals surface area contributed by atoms with Gasteiger partial charge in [-0.1, -0.05) is 182 Å². The first-order valence-electron chi connectivity index (χ1n) is 19.1. The predicted molar refractivity (Wildman–Crippen MR) is 217 cm³/mol. The molecule has 1 fully saturated rings. The molecule has 278 valence electrons. The van der Waals surface area contributed by atoms with Crippen LogP contribution in [0.4, 0.5) is 0 Å². The molecule has 0 bridgehead atoms. The lowest BCUT2D eigenvalue weighted by Gasteiger charge is -2.39. The maximum atomic E-state index is 14.7. The average molecular weight is 729 g/mol. The third kappa shape index (κ3) is 8.94. The quantitative estimate of drug-likeness (QED) is 0.0762. The normalized spacial score (nSPS) is 14.7. The number of nitrogens with one attached hydrogen (secondary N) is 2. The summed E-state index contributed by atoms with van der Waals surface area (Å²) in [6.45, 7) is 0. The Hall–Kier alpha value is -5.82. The van der Waals surface area contributed by atoms with Gasteiger partial charge < -0.3 is 20.8 Å². The zero-order valence-corrected chi connectivity index (χ0v) is 30.9. The van der Waals surface area contributed by atoms with Gasteiger partial charge in [-0.05, 0) is 46.2 Å². The monoisotopic (exact) mass is 728 g/mol. The SMILES string of the molecule is O=C(N[C@H](c1ccccc1)C(O)(Cc1ccccc1)Cc1ccccc1)C1(C(=O)N[C@H](c2ccccc2)C(O)(Cc2ccccc2)Cc2ccccc2)CC1. The van der Waals surface area contributed by atoms with E-state index in [0.29, 0.717) is 12.8 Å². The molecule has 6 aromatic rings. The topological polar surface area (TPSA) is 98.7 Å². The Balaban J connectivity index is 1.22. The number of rotatable bonds is 16. The Morgan fingerprint density at radius 3 is 0.909 bits per heavy atom. The van der Waals surface area contributed by atoms with Gasteiger partial charge in [0.1, 0.15) is 5.41 Å². The van der Waals surface area contributed by atoms with Gasteiger partial charge in [0.05, 0.1) is 23.3 Å². The van der Waals surface area contributed by atoms with Crippen LogP contribution in [-0.2, 0) is 35.3 Å². The van der Waals surface area contributed by atoms with Crippen molar-refractivity contribution in [2.24, 2.45) is 5.41 Å². The van der Waals surface area contributed by atoms with Crippen molar-refractivity contribution in [3.05, 3.63) is 215 Å². The van der Waals surface area contributed by atoms with Crippen LogP contribution < -0.4 is 10.6 Å². The van der Waals surface area contributed by atoms with Gasteiger partial charge in [-0.25, -0.2) is 0 Å². The Bertz CT molecular complexity index is 1890. The number of hydrogen-bond donors (Lipinski definition) is 4. The Morgan fingerprint density at radius 2 is 0.673 bits per heavy atom. The Morgan fingerprint density at radius 1 is 0.436 bits per heavy atom. The molecule has 6 nitrogen and oxygen atoms in total. The molecule has 6 aromatic carbocycles. The largest absolute Gasteiger partial charge is 0.387 e. The summed E-state index contributed by atoms with van der Waals surface area (Å²) in [5.74, 6) is -0.889. The zero-order chi connectivity index (χ0) is 38.1. The fourth-order valence-corrected chi connectivity index (χ4v) is 7.90. The summed E-state index contributed by atoms with van der Waals surface area (Å²) >= 11 is 0. The van der Waals surface area contributed by atoms with E-state index in [4.69, 9.17) is 0 Å². The van der Waals surface area contributed by atoms with Crippen LogP contribution in [0.1, 0.15) is 58.3 Å². The molecular weight excluding hydrogens is 681 g/mol. The molecule has 0 aromatic heterocycles. The van der Waals surface area contributed by atoms with Gasteiger partial charge >= 0.3 is 0 Å². The van der Waals surface area contributed by atoms with Crippen LogP contribution in [0.2, 0.25) is 0 Å². The fourth-order valence-electron chi connectivity index (χ4n) is 7.90. The molecule has 1 aliphatic rings. The summed E-state index contributed by atoms with van der Waals surface area (Å²) in [6, 6.07) is 56.4. The third-order valence-corrected chi connectivity index (χ3v) is 10.9. The number of benzene rings is 6. The van der Waals surface area contributed by atoms with Crippen LogP contribution in [0, 0.1) is 5.41 Å². The van der Waals surface area contributed by atoms with E-state index in [1.165, 1.54) is 0 Å². The van der Waals surface area contributed by atoms with Gasteiger partial charge in [-0.2, -0.15) is 0 Å². The van der Waals surface area contributed by atoms with E-state index >= 15 is 0 Å². The molecule has 55 heavy (non-hydrogen) atoms. The maximum absolute atomic E-state index is 14.7.